The van der Waals surface area contributed by atoms with Crippen molar-refractivity contribution in [2.24, 2.45) is 0 Å². The lowest BCUT2D eigenvalue weighted by Crippen LogP contribution is -2.10. The summed E-state index contributed by atoms with van der Waals surface area (Å²) >= 11 is 0. The highest BCUT2D eigenvalue weighted by Crippen LogP contribution is 2.24. The van der Waals surface area contributed by atoms with Gasteiger partial charge >= 0.3 is 0 Å². The zero-order chi connectivity index (χ0) is 17.0. The quantitative estimate of drug-likeness (QED) is 0.460. The minimum absolute atomic E-state index is 0.00355. The Morgan fingerprint density at radius 1 is 1.09 bits per heavy atom. The summed E-state index contributed by atoms with van der Waals surface area (Å²) in [6, 6.07) is 11.3. The van der Waals surface area contributed by atoms with Crippen LogP contribution >= 0.6 is 0 Å². The molecule has 0 spiro atoms. The Morgan fingerprint density at radius 2 is 1.74 bits per heavy atom. The molecule has 0 bridgehead atoms. The van der Waals surface area contributed by atoms with Crippen molar-refractivity contribution in [3.63, 3.8) is 0 Å². The van der Waals surface area contributed by atoms with E-state index in [0.29, 0.717) is 11.1 Å². The summed E-state index contributed by atoms with van der Waals surface area (Å²) in [5, 5.41) is 11.1. The number of hydrogen-bond donors (Lipinski definition) is 0. The lowest BCUT2D eigenvalue weighted by molar-refractivity contribution is -0.386. The van der Waals surface area contributed by atoms with Crippen molar-refractivity contribution in [2.45, 2.75) is 25.2 Å². The standard InChI is InChI=1S/C16H17NO5S/c1-12-6-8-15(9-7-12)23(20,21)22-11-10-14-5-3-4-13(2)16(14)17(18)19/h3-9H,10-11H2,1-2H3. The molecule has 0 amide bonds. The van der Waals surface area contributed by atoms with Gasteiger partial charge in [0.2, 0.25) is 0 Å². The molecule has 0 unspecified atom stereocenters. The highest BCUT2D eigenvalue weighted by molar-refractivity contribution is 7.86. The minimum atomic E-state index is -3.86. The van der Waals surface area contributed by atoms with Crippen LogP contribution in [0.25, 0.3) is 0 Å². The van der Waals surface area contributed by atoms with Gasteiger partial charge in [-0.25, -0.2) is 0 Å². The Kier molecular flexibility index (Phi) is 5.12. The van der Waals surface area contributed by atoms with Crippen LogP contribution in [0.15, 0.2) is 47.4 Å². The van der Waals surface area contributed by atoms with Crippen LogP contribution in [0.1, 0.15) is 16.7 Å². The van der Waals surface area contributed by atoms with Gasteiger partial charge in [0.25, 0.3) is 15.8 Å². The number of nitrogens with zero attached hydrogens (tertiary/aromatic N) is 1. The van der Waals surface area contributed by atoms with E-state index in [9.17, 15) is 18.5 Å². The summed E-state index contributed by atoms with van der Waals surface area (Å²) < 4.78 is 29.1. The molecule has 0 fully saturated rings. The summed E-state index contributed by atoms with van der Waals surface area (Å²) in [5.41, 5.74) is 1.94. The van der Waals surface area contributed by atoms with E-state index in [0.717, 1.165) is 5.56 Å². The monoisotopic (exact) mass is 335 g/mol. The smallest absolute Gasteiger partial charge is 0.266 e. The fourth-order valence-corrected chi connectivity index (χ4v) is 3.13. The third kappa shape index (κ3) is 4.14. The molecule has 0 aliphatic rings. The Hall–Kier alpha value is -2.25. The third-order valence-electron chi connectivity index (χ3n) is 3.42. The number of hydrogen-bond acceptors (Lipinski definition) is 5. The van der Waals surface area contributed by atoms with Gasteiger partial charge in [0.1, 0.15) is 0 Å². The summed E-state index contributed by atoms with van der Waals surface area (Å²) in [7, 11) is -3.86. The summed E-state index contributed by atoms with van der Waals surface area (Å²) in [6.07, 6.45) is 0.142. The first kappa shape index (κ1) is 17.1. The molecule has 2 aromatic carbocycles. The van der Waals surface area contributed by atoms with E-state index in [1.807, 2.05) is 6.92 Å². The van der Waals surface area contributed by atoms with E-state index in [4.69, 9.17) is 4.18 Å². The maximum Gasteiger partial charge on any atom is 0.296 e. The number of nitro groups is 1. The molecule has 0 saturated heterocycles. The molecule has 0 aliphatic carbocycles. The molecular formula is C16H17NO5S. The van der Waals surface area contributed by atoms with Crippen LogP contribution in [0.2, 0.25) is 0 Å². The lowest BCUT2D eigenvalue weighted by atomic mass is 10.1. The first-order valence-corrected chi connectivity index (χ1v) is 8.41. The van der Waals surface area contributed by atoms with Crippen LogP contribution in [0.4, 0.5) is 5.69 Å². The largest absolute Gasteiger partial charge is 0.296 e. The molecule has 0 saturated carbocycles. The summed E-state index contributed by atoms with van der Waals surface area (Å²) in [5.74, 6) is 0. The Balaban J connectivity index is 2.09. The van der Waals surface area contributed by atoms with Gasteiger partial charge in [0, 0.05) is 17.5 Å². The topological polar surface area (TPSA) is 86.5 Å². The van der Waals surface area contributed by atoms with Gasteiger partial charge in [-0.2, -0.15) is 8.42 Å². The molecule has 23 heavy (non-hydrogen) atoms. The van der Waals surface area contributed by atoms with Crippen LogP contribution in [0.3, 0.4) is 0 Å². The van der Waals surface area contributed by atoms with Gasteiger partial charge < -0.3 is 0 Å². The van der Waals surface area contributed by atoms with Gasteiger partial charge in [-0.05, 0) is 26.0 Å². The van der Waals surface area contributed by atoms with E-state index in [-0.39, 0.29) is 23.6 Å². The van der Waals surface area contributed by atoms with Gasteiger partial charge in [-0.1, -0.05) is 35.9 Å². The molecule has 0 heterocycles. The Morgan fingerprint density at radius 3 is 2.35 bits per heavy atom. The third-order valence-corrected chi connectivity index (χ3v) is 4.75. The number of benzene rings is 2. The van der Waals surface area contributed by atoms with Crippen molar-refractivity contribution in [1.82, 2.24) is 0 Å². The van der Waals surface area contributed by atoms with Gasteiger partial charge in [-0.3, -0.25) is 14.3 Å². The van der Waals surface area contributed by atoms with Crippen LogP contribution in [0.5, 0.6) is 0 Å². The number of nitro benzene ring substituents is 1. The highest BCUT2D eigenvalue weighted by Gasteiger charge is 2.19. The average molecular weight is 335 g/mol. The van der Waals surface area contributed by atoms with Crippen LogP contribution in [-0.2, 0) is 20.7 Å². The number of rotatable bonds is 6. The predicted octanol–water partition coefficient (Wildman–Crippen LogP) is 3.16. The van der Waals surface area contributed by atoms with Crippen LogP contribution < -0.4 is 0 Å². The molecule has 0 atom stereocenters. The molecule has 2 rings (SSSR count). The fourth-order valence-electron chi connectivity index (χ4n) is 2.22. The first-order chi connectivity index (χ1) is 10.8. The van der Waals surface area contributed by atoms with Crippen LogP contribution in [-0.4, -0.2) is 19.9 Å². The average Bonchev–Trinajstić information content (AvgIpc) is 2.47. The van der Waals surface area contributed by atoms with E-state index >= 15 is 0 Å². The molecule has 0 radical (unpaired) electrons. The second-order valence-electron chi connectivity index (χ2n) is 5.18. The van der Waals surface area contributed by atoms with Crippen molar-refractivity contribution < 1.29 is 17.5 Å². The molecular weight excluding hydrogens is 318 g/mol. The zero-order valence-electron chi connectivity index (χ0n) is 12.9. The van der Waals surface area contributed by atoms with E-state index < -0.39 is 15.0 Å². The van der Waals surface area contributed by atoms with Crippen molar-refractivity contribution in [3.05, 3.63) is 69.3 Å². The lowest BCUT2D eigenvalue weighted by Gasteiger charge is -2.07. The van der Waals surface area contributed by atoms with E-state index in [2.05, 4.69) is 0 Å². The molecule has 2 aromatic rings. The normalized spacial score (nSPS) is 11.4. The molecule has 0 aliphatic heterocycles. The second-order valence-corrected chi connectivity index (χ2v) is 6.79. The van der Waals surface area contributed by atoms with E-state index in [1.54, 1.807) is 37.3 Å². The maximum atomic E-state index is 12.1. The minimum Gasteiger partial charge on any atom is -0.266 e. The van der Waals surface area contributed by atoms with Crippen molar-refractivity contribution in [3.8, 4) is 0 Å². The predicted molar refractivity (Wildman–Crippen MR) is 85.9 cm³/mol. The molecule has 0 N–H and O–H groups in total. The van der Waals surface area contributed by atoms with Crippen molar-refractivity contribution >= 4 is 15.8 Å². The number of para-hydroxylation sites is 1. The molecule has 0 aromatic heterocycles. The molecule has 122 valence electrons. The maximum absolute atomic E-state index is 12.1. The van der Waals surface area contributed by atoms with Crippen LogP contribution in [0, 0.1) is 24.0 Å². The second kappa shape index (κ2) is 6.89. The molecule has 6 nitrogen and oxygen atoms in total. The highest BCUT2D eigenvalue weighted by atomic mass is 32.2. The van der Waals surface area contributed by atoms with E-state index in [1.165, 1.54) is 12.1 Å². The molecule has 7 heteroatoms. The first-order valence-electron chi connectivity index (χ1n) is 7.00. The summed E-state index contributed by atoms with van der Waals surface area (Å²) in [4.78, 5) is 10.7. The van der Waals surface area contributed by atoms with Gasteiger partial charge in [0.15, 0.2) is 0 Å². The van der Waals surface area contributed by atoms with Gasteiger partial charge in [0.05, 0.1) is 16.4 Å². The van der Waals surface area contributed by atoms with Crippen molar-refractivity contribution in [2.75, 3.05) is 6.61 Å². The SMILES string of the molecule is Cc1ccc(S(=O)(=O)OCCc2cccc(C)c2[N+](=O)[O-])cc1. The fraction of sp³-hybridized carbons (Fsp3) is 0.250. The van der Waals surface area contributed by atoms with Gasteiger partial charge in [-0.15, -0.1) is 0 Å². The number of aryl methyl sites for hydroxylation is 2. The Bertz CT molecular complexity index is 813. The Labute approximate surface area is 135 Å². The van der Waals surface area contributed by atoms with Crippen molar-refractivity contribution in [1.29, 1.82) is 0 Å². The zero-order valence-corrected chi connectivity index (χ0v) is 13.7. The summed E-state index contributed by atoms with van der Waals surface area (Å²) in [6.45, 7) is 3.35.